The molecule has 0 unspecified atom stereocenters. The number of nitrogens with one attached hydrogen (secondary N) is 2. The molecule has 0 spiro atoms. The number of aliphatic hydroxyl groups excluding tert-OH is 1. The Balaban J connectivity index is 1.60. The number of esters is 1. The van der Waals surface area contributed by atoms with Crippen LogP contribution in [-0.4, -0.2) is 40.0 Å². The fourth-order valence-corrected chi connectivity index (χ4v) is 3.43. The van der Waals surface area contributed by atoms with Crippen molar-refractivity contribution < 1.29 is 14.6 Å². The fraction of sp³-hybridized carbons (Fsp3) is 0.182. The van der Waals surface area contributed by atoms with Gasteiger partial charge in [0.05, 0.1) is 36.0 Å². The number of benzene rings is 2. The number of anilines is 1. The molecule has 0 saturated heterocycles. The van der Waals surface area contributed by atoms with Crippen LogP contribution in [0.2, 0.25) is 0 Å². The number of carbonyl (C=O) groups excluding carboxylic acids is 1. The number of para-hydroxylation sites is 1. The SMILES string of the molecule is CCOC(=O)Cc1ccc(N2CC(O)=C(c3nc4ccccc4c(=O)[nH]3)C2=N)cc1. The molecule has 3 aromatic rings. The molecule has 0 saturated carbocycles. The van der Waals surface area contributed by atoms with E-state index < -0.39 is 0 Å². The van der Waals surface area contributed by atoms with Crippen molar-refractivity contribution >= 4 is 34.0 Å². The van der Waals surface area contributed by atoms with Gasteiger partial charge in [-0.1, -0.05) is 24.3 Å². The molecule has 8 nitrogen and oxygen atoms in total. The van der Waals surface area contributed by atoms with Gasteiger partial charge in [0, 0.05) is 5.69 Å². The highest BCUT2D eigenvalue weighted by Gasteiger charge is 2.31. The Kier molecular flexibility index (Phi) is 5.05. The number of fused-ring (bicyclic) bond motifs is 1. The second-order valence-corrected chi connectivity index (χ2v) is 6.84. The minimum absolute atomic E-state index is 0.0315. The summed E-state index contributed by atoms with van der Waals surface area (Å²) in [6.07, 6.45) is 0.169. The molecule has 1 aliphatic heterocycles. The quantitative estimate of drug-likeness (QED) is 0.563. The van der Waals surface area contributed by atoms with Crippen LogP contribution in [0.25, 0.3) is 16.5 Å². The molecule has 0 atom stereocenters. The number of aromatic nitrogens is 2. The standard InChI is InChI=1S/C22H20N4O4/c1-2-30-18(28)11-13-7-9-14(10-8-13)26-12-17(27)19(20(26)23)21-24-16-6-4-3-5-15(16)22(29)25-21/h3-10,23,27H,2,11-12H2,1H3,(H,24,25,29). The fourth-order valence-electron chi connectivity index (χ4n) is 3.43. The average molecular weight is 404 g/mol. The predicted octanol–water partition coefficient (Wildman–Crippen LogP) is 2.80. The lowest BCUT2D eigenvalue weighted by Crippen LogP contribution is -2.26. The first-order chi connectivity index (χ1) is 14.5. The first kappa shape index (κ1) is 19.4. The van der Waals surface area contributed by atoms with Crippen LogP contribution < -0.4 is 10.5 Å². The Bertz CT molecular complexity index is 1230. The predicted molar refractivity (Wildman–Crippen MR) is 114 cm³/mol. The molecule has 0 aliphatic carbocycles. The van der Waals surface area contributed by atoms with Crippen molar-refractivity contribution in [1.29, 1.82) is 5.41 Å². The summed E-state index contributed by atoms with van der Waals surface area (Å²) in [5.74, 6) is -0.159. The molecule has 0 bridgehead atoms. The zero-order chi connectivity index (χ0) is 21.3. The van der Waals surface area contributed by atoms with Gasteiger partial charge < -0.3 is 19.7 Å². The molecule has 152 valence electrons. The molecule has 0 radical (unpaired) electrons. The van der Waals surface area contributed by atoms with E-state index in [2.05, 4.69) is 9.97 Å². The van der Waals surface area contributed by atoms with E-state index in [0.717, 1.165) is 5.56 Å². The van der Waals surface area contributed by atoms with E-state index in [0.29, 0.717) is 23.2 Å². The van der Waals surface area contributed by atoms with Crippen LogP contribution in [0.15, 0.2) is 59.1 Å². The minimum atomic E-state index is -0.328. The van der Waals surface area contributed by atoms with Gasteiger partial charge in [-0.2, -0.15) is 0 Å². The molecule has 30 heavy (non-hydrogen) atoms. The van der Waals surface area contributed by atoms with Crippen molar-refractivity contribution in [2.45, 2.75) is 13.3 Å². The molecule has 0 fully saturated rings. The van der Waals surface area contributed by atoms with E-state index in [4.69, 9.17) is 10.1 Å². The molecule has 2 heterocycles. The maximum atomic E-state index is 12.4. The summed E-state index contributed by atoms with van der Waals surface area (Å²) in [4.78, 5) is 32.7. The number of hydrogen-bond donors (Lipinski definition) is 3. The van der Waals surface area contributed by atoms with Gasteiger partial charge in [-0.3, -0.25) is 15.0 Å². The van der Waals surface area contributed by atoms with E-state index in [1.54, 1.807) is 60.4 Å². The number of aliphatic hydroxyl groups is 1. The monoisotopic (exact) mass is 404 g/mol. The van der Waals surface area contributed by atoms with Crippen LogP contribution in [0.3, 0.4) is 0 Å². The Morgan fingerprint density at radius 3 is 2.70 bits per heavy atom. The number of hydrogen-bond acceptors (Lipinski definition) is 6. The van der Waals surface area contributed by atoms with E-state index in [9.17, 15) is 14.7 Å². The molecule has 0 amide bonds. The van der Waals surface area contributed by atoms with Crippen LogP contribution in [0.4, 0.5) is 5.69 Å². The summed E-state index contributed by atoms with van der Waals surface area (Å²) in [5.41, 5.74) is 1.82. The van der Waals surface area contributed by atoms with Gasteiger partial charge in [0.1, 0.15) is 17.4 Å². The van der Waals surface area contributed by atoms with Crippen LogP contribution in [0.5, 0.6) is 0 Å². The van der Waals surface area contributed by atoms with Gasteiger partial charge in [0.25, 0.3) is 5.56 Å². The topological polar surface area (TPSA) is 119 Å². The molecule has 2 aromatic carbocycles. The normalized spacial score (nSPS) is 13.9. The van der Waals surface area contributed by atoms with E-state index in [-0.39, 0.29) is 47.5 Å². The Hall–Kier alpha value is -3.94. The van der Waals surface area contributed by atoms with Crippen molar-refractivity contribution in [3.8, 4) is 0 Å². The van der Waals surface area contributed by atoms with Crippen molar-refractivity contribution in [2.24, 2.45) is 0 Å². The number of carbonyl (C=O) groups is 1. The zero-order valence-corrected chi connectivity index (χ0v) is 16.3. The summed E-state index contributed by atoms with van der Waals surface area (Å²) >= 11 is 0. The van der Waals surface area contributed by atoms with Crippen molar-refractivity contribution in [3.05, 3.63) is 76.0 Å². The first-order valence-electron chi connectivity index (χ1n) is 9.50. The highest BCUT2D eigenvalue weighted by Crippen LogP contribution is 2.29. The summed E-state index contributed by atoms with van der Waals surface area (Å²) in [6.45, 7) is 2.18. The number of H-pyrrole nitrogens is 1. The van der Waals surface area contributed by atoms with E-state index in [1.165, 1.54) is 0 Å². The van der Waals surface area contributed by atoms with Crippen molar-refractivity contribution in [1.82, 2.24) is 9.97 Å². The number of nitrogens with zero attached hydrogens (tertiary/aromatic N) is 2. The maximum Gasteiger partial charge on any atom is 0.310 e. The summed E-state index contributed by atoms with van der Waals surface area (Å²) in [7, 11) is 0. The first-order valence-corrected chi connectivity index (χ1v) is 9.50. The van der Waals surface area contributed by atoms with Crippen molar-refractivity contribution in [3.63, 3.8) is 0 Å². The van der Waals surface area contributed by atoms with Crippen molar-refractivity contribution in [2.75, 3.05) is 18.1 Å². The zero-order valence-electron chi connectivity index (χ0n) is 16.3. The van der Waals surface area contributed by atoms with Gasteiger partial charge in [0.2, 0.25) is 0 Å². The van der Waals surface area contributed by atoms with Crippen LogP contribution in [0, 0.1) is 5.41 Å². The Morgan fingerprint density at radius 2 is 1.97 bits per heavy atom. The van der Waals surface area contributed by atoms with Gasteiger partial charge in [-0.15, -0.1) is 0 Å². The van der Waals surface area contributed by atoms with Crippen LogP contribution in [-0.2, 0) is 16.0 Å². The number of ether oxygens (including phenoxy) is 1. The summed E-state index contributed by atoms with van der Waals surface area (Å²) < 4.78 is 4.95. The third kappa shape index (κ3) is 3.55. The lowest BCUT2D eigenvalue weighted by Gasteiger charge is -2.19. The number of amidine groups is 1. The third-order valence-corrected chi connectivity index (χ3v) is 4.85. The van der Waals surface area contributed by atoms with Crippen LogP contribution in [0.1, 0.15) is 18.3 Å². The third-order valence-electron chi connectivity index (χ3n) is 4.85. The van der Waals surface area contributed by atoms with E-state index in [1.807, 2.05) is 0 Å². The summed E-state index contributed by atoms with van der Waals surface area (Å²) in [5, 5.41) is 19.5. The maximum absolute atomic E-state index is 12.4. The second-order valence-electron chi connectivity index (χ2n) is 6.84. The molecule has 4 rings (SSSR count). The van der Waals surface area contributed by atoms with Gasteiger partial charge in [-0.05, 0) is 36.8 Å². The lowest BCUT2D eigenvalue weighted by atomic mass is 10.1. The smallest absolute Gasteiger partial charge is 0.310 e. The largest absolute Gasteiger partial charge is 0.509 e. The van der Waals surface area contributed by atoms with Gasteiger partial charge >= 0.3 is 5.97 Å². The highest BCUT2D eigenvalue weighted by molar-refractivity contribution is 6.30. The Labute approximate surface area is 172 Å². The molecule has 1 aromatic heterocycles. The number of aromatic amines is 1. The molecular formula is C22H20N4O4. The highest BCUT2D eigenvalue weighted by atomic mass is 16.5. The molecule has 3 N–H and O–H groups in total. The van der Waals surface area contributed by atoms with Gasteiger partial charge in [0.15, 0.2) is 0 Å². The molecular weight excluding hydrogens is 384 g/mol. The summed E-state index contributed by atoms with van der Waals surface area (Å²) in [6, 6.07) is 14.0. The minimum Gasteiger partial charge on any atom is -0.509 e. The van der Waals surface area contributed by atoms with Gasteiger partial charge in [-0.25, -0.2) is 4.98 Å². The molecule has 1 aliphatic rings. The number of rotatable bonds is 5. The van der Waals surface area contributed by atoms with E-state index >= 15 is 0 Å². The average Bonchev–Trinajstić information content (AvgIpc) is 3.03. The molecule has 8 heteroatoms. The lowest BCUT2D eigenvalue weighted by molar-refractivity contribution is -0.142. The van der Waals surface area contributed by atoms with Crippen LogP contribution >= 0.6 is 0 Å². The second kappa shape index (κ2) is 7.82. The Morgan fingerprint density at radius 1 is 1.23 bits per heavy atom.